The van der Waals surface area contributed by atoms with Gasteiger partial charge in [-0.15, -0.1) is 0 Å². The van der Waals surface area contributed by atoms with Crippen molar-refractivity contribution in [3.63, 3.8) is 0 Å². The molecule has 0 heterocycles. The number of hydrogen-bond acceptors (Lipinski definition) is 2. The molecule has 0 atom stereocenters. The summed E-state index contributed by atoms with van der Waals surface area (Å²) in [5.74, 6) is 0.0915. The van der Waals surface area contributed by atoms with Crippen molar-refractivity contribution in [2.24, 2.45) is 0 Å². The van der Waals surface area contributed by atoms with E-state index in [1.165, 1.54) is 12.1 Å². The van der Waals surface area contributed by atoms with Gasteiger partial charge < -0.3 is 4.74 Å². The molecule has 0 aliphatic carbocycles. The molecule has 0 spiro atoms. The molecule has 6 heteroatoms. The van der Waals surface area contributed by atoms with E-state index in [9.17, 15) is 13.6 Å². The second kappa shape index (κ2) is 6.87. The summed E-state index contributed by atoms with van der Waals surface area (Å²) in [6, 6.07) is 9.60. The van der Waals surface area contributed by atoms with Crippen LogP contribution in [0.5, 0.6) is 5.75 Å². The van der Waals surface area contributed by atoms with Gasteiger partial charge in [-0.3, -0.25) is 4.79 Å². The lowest BCUT2D eigenvalue weighted by molar-refractivity contribution is 0.0809. The third-order valence-electron chi connectivity index (χ3n) is 2.75. The van der Waals surface area contributed by atoms with Gasteiger partial charge in [0.15, 0.2) is 6.29 Å². The zero-order chi connectivity index (χ0) is 15.4. The topological polar surface area (TPSA) is 26.3 Å². The fourth-order valence-electron chi connectivity index (χ4n) is 1.80. The van der Waals surface area contributed by atoms with Gasteiger partial charge >= 0.3 is 0 Å². The molecule has 0 unspecified atom stereocenters. The SMILES string of the molecule is O=Cc1ccc(-c2ccc(Cl)cc2Cl)cc1OCC(F)F. The maximum Gasteiger partial charge on any atom is 0.272 e. The first-order valence-corrected chi connectivity index (χ1v) is 6.72. The highest BCUT2D eigenvalue weighted by Crippen LogP contribution is 2.33. The summed E-state index contributed by atoms with van der Waals surface area (Å²) >= 11 is 11.9. The van der Waals surface area contributed by atoms with Gasteiger partial charge in [0.1, 0.15) is 12.4 Å². The molecule has 2 rings (SSSR count). The minimum atomic E-state index is -2.62. The number of alkyl halides is 2. The minimum absolute atomic E-state index is 0.0915. The van der Waals surface area contributed by atoms with Gasteiger partial charge in [-0.25, -0.2) is 8.78 Å². The number of aldehydes is 1. The number of halogens is 4. The van der Waals surface area contributed by atoms with Crippen LogP contribution >= 0.6 is 23.2 Å². The molecule has 0 N–H and O–H groups in total. The van der Waals surface area contributed by atoms with Gasteiger partial charge in [0.05, 0.1) is 5.56 Å². The standard InChI is InChI=1S/C15H10Cl2F2O2/c16-11-3-4-12(13(17)6-11)9-1-2-10(7-20)14(5-9)21-8-15(18)19/h1-7,15H,8H2. The molecule has 2 aromatic rings. The second-order valence-corrected chi connectivity index (χ2v) is 5.04. The molecular weight excluding hydrogens is 321 g/mol. The summed E-state index contributed by atoms with van der Waals surface area (Å²) in [5, 5.41) is 0.906. The highest BCUT2D eigenvalue weighted by atomic mass is 35.5. The van der Waals surface area contributed by atoms with E-state index in [0.717, 1.165) is 0 Å². The van der Waals surface area contributed by atoms with Crippen molar-refractivity contribution in [1.29, 1.82) is 0 Å². The molecule has 110 valence electrons. The van der Waals surface area contributed by atoms with Gasteiger partial charge in [-0.2, -0.15) is 0 Å². The van der Waals surface area contributed by atoms with Crippen LogP contribution in [0, 0.1) is 0 Å². The van der Waals surface area contributed by atoms with Crippen LogP contribution in [0.2, 0.25) is 10.0 Å². The Labute approximate surface area is 130 Å². The molecule has 0 fully saturated rings. The Balaban J connectivity index is 2.40. The summed E-state index contributed by atoms with van der Waals surface area (Å²) in [6.45, 7) is -0.779. The van der Waals surface area contributed by atoms with E-state index in [2.05, 4.69) is 0 Å². The van der Waals surface area contributed by atoms with Crippen molar-refractivity contribution in [2.45, 2.75) is 6.43 Å². The van der Waals surface area contributed by atoms with Crippen LogP contribution in [0.25, 0.3) is 11.1 Å². The molecule has 0 aliphatic heterocycles. The van der Waals surface area contributed by atoms with E-state index in [1.807, 2.05) is 0 Å². The van der Waals surface area contributed by atoms with Gasteiger partial charge in [0, 0.05) is 15.6 Å². The van der Waals surface area contributed by atoms with Crippen molar-refractivity contribution in [1.82, 2.24) is 0 Å². The number of ether oxygens (including phenoxy) is 1. The fourth-order valence-corrected chi connectivity index (χ4v) is 2.32. The molecule has 0 saturated heterocycles. The Morgan fingerprint density at radius 3 is 2.52 bits per heavy atom. The van der Waals surface area contributed by atoms with Gasteiger partial charge in [-0.05, 0) is 29.8 Å². The van der Waals surface area contributed by atoms with Crippen LogP contribution in [0.1, 0.15) is 10.4 Å². The van der Waals surface area contributed by atoms with E-state index < -0.39 is 13.0 Å². The van der Waals surface area contributed by atoms with Crippen LogP contribution < -0.4 is 4.74 Å². The molecule has 0 aromatic heterocycles. The molecule has 0 saturated carbocycles. The molecule has 2 aromatic carbocycles. The van der Waals surface area contributed by atoms with Crippen LogP contribution in [0.3, 0.4) is 0 Å². The Bertz CT molecular complexity index is 660. The van der Waals surface area contributed by atoms with E-state index in [4.69, 9.17) is 27.9 Å². The third kappa shape index (κ3) is 3.93. The quantitative estimate of drug-likeness (QED) is 0.711. The monoisotopic (exact) mass is 330 g/mol. The third-order valence-corrected chi connectivity index (χ3v) is 3.30. The molecule has 0 bridgehead atoms. The first kappa shape index (κ1) is 15.7. The Morgan fingerprint density at radius 1 is 1.14 bits per heavy atom. The largest absolute Gasteiger partial charge is 0.487 e. The Hall–Kier alpha value is -1.65. The normalized spacial score (nSPS) is 10.7. The van der Waals surface area contributed by atoms with Crippen molar-refractivity contribution in [2.75, 3.05) is 6.61 Å². The smallest absolute Gasteiger partial charge is 0.272 e. The van der Waals surface area contributed by atoms with Crippen molar-refractivity contribution in [3.8, 4) is 16.9 Å². The van der Waals surface area contributed by atoms with Crippen LogP contribution in [-0.4, -0.2) is 19.3 Å². The summed E-state index contributed by atoms with van der Waals surface area (Å²) in [7, 11) is 0. The number of benzene rings is 2. The van der Waals surface area contributed by atoms with Crippen molar-refractivity contribution < 1.29 is 18.3 Å². The fraction of sp³-hybridized carbons (Fsp3) is 0.133. The highest BCUT2D eigenvalue weighted by molar-refractivity contribution is 6.36. The van der Waals surface area contributed by atoms with Crippen molar-refractivity contribution in [3.05, 3.63) is 52.0 Å². The summed E-state index contributed by atoms with van der Waals surface area (Å²) < 4.78 is 29.4. The molecule has 0 aliphatic rings. The lowest BCUT2D eigenvalue weighted by Crippen LogP contribution is -2.08. The maximum absolute atomic E-state index is 12.2. The lowest BCUT2D eigenvalue weighted by Gasteiger charge is -2.11. The summed E-state index contributed by atoms with van der Waals surface area (Å²) in [6.07, 6.45) is -2.07. The molecule has 21 heavy (non-hydrogen) atoms. The summed E-state index contributed by atoms with van der Waals surface area (Å²) in [5.41, 5.74) is 1.51. The first-order valence-electron chi connectivity index (χ1n) is 5.97. The number of rotatable bonds is 5. The predicted octanol–water partition coefficient (Wildman–Crippen LogP) is 5.12. The molecular formula is C15H10Cl2F2O2. The number of carbonyl (C=O) groups excluding carboxylic acids is 1. The molecule has 0 radical (unpaired) electrons. The van der Waals surface area contributed by atoms with Gasteiger partial charge in [0.25, 0.3) is 6.43 Å². The minimum Gasteiger partial charge on any atom is -0.487 e. The Kier molecular flexibility index (Phi) is 5.15. The zero-order valence-corrected chi connectivity index (χ0v) is 12.2. The van der Waals surface area contributed by atoms with Gasteiger partial charge in [0.2, 0.25) is 0 Å². The average molecular weight is 331 g/mol. The lowest BCUT2D eigenvalue weighted by atomic mass is 10.0. The zero-order valence-electron chi connectivity index (χ0n) is 10.7. The molecule has 0 amide bonds. The van der Waals surface area contributed by atoms with E-state index in [1.54, 1.807) is 24.3 Å². The van der Waals surface area contributed by atoms with E-state index in [-0.39, 0.29) is 11.3 Å². The molecule has 2 nitrogen and oxygen atoms in total. The number of carbonyl (C=O) groups is 1. The van der Waals surface area contributed by atoms with E-state index in [0.29, 0.717) is 27.5 Å². The van der Waals surface area contributed by atoms with E-state index >= 15 is 0 Å². The van der Waals surface area contributed by atoms with Crippen LogP contribution in [0.4, 0.5) is 8.78 Å². The maximum atomic E-state index is 12.2. The first-order chi connectivity index (χ1) is 10.0. The van der Waals surface area contributed by atoms with Crippen molar-refractivity contribution >= 4 is 29.5 Å². The van der Waals surface area contributed by atoms with Gasteiger partial charge in [-0.1, -0.05) is 35.3 Å². The number of hydrogen-bond donors (Lipinski definition) is 0. The average Bonchev–Trinajstić information content (AvgIpc) is 2.45. The Morgan fingerprint density at radius 2 is 1.90 bits per heavy atom. The predicted molar refractivity (Wildman–Crippen MR) is 78.8 cm³/mol. The summed E-state index contributed by atoms with van der Waals surface area (Å²) in [4.78, 5) is 10.9. The highest BCUT2D eigenvalue weighted by Gasteiger charge is 2.11. The second-order valence-electron chi connectivity index (χ2n) is 4.20. The van der Waals surface area contributed by atoms with Crippen LogP contribution in [0.15, 0.2) is 36.4 Å². The van der Waals surface area contributed by atoms with Crippen LogP contribution in [-0.2, 0) is 0 Å².